The van der Waals surface area contributed by atoms with E-state index in [0.717, 1.165) is 0 Å². The Morgan fingerprint density at radius 1 is 1.20 bits per heavy atom. The molecule has 1 rings (SSSR count). The highest BCUT2D eigenvalue weighted by atomic mass is 19.4. The van der Waals surface area contributed by atoms with Crippen LogP contribution < -0.4 is 10.6 Å². The third-order valence-electron chi connectivity index (χ3n) is 2.35. The van der Waals surface area contributed by atoms with E-state index < -0.39 is 18.0 Å². The molecule has 2 N–H and O–H groups in total. The van der Waals surface area contributed by atoms with E-state index in [2.05, 4.69) is 5.32 Å². The van der Waals surface area contributed by atoms with Gasteiger partial charge in [0, 0.05) is 6.54 Å². The Labute approximate surface area is 114 Å². The average Bonchev–Trinajstić information content (AvgIpc) is 2.35. The van der Waals surface area contributed by atoms with Gasteiger partial charge in [0.05, 0.1) is 11.3 Å². The first kappa shape index (κ1) is 16.0. The van der Waals surface area contributed by atoms with Crippen molar-refractivity contribution in [1.29, 1.82) is 0 Å². The van der Waals surface area contributed by atoms with Crippen molar-refractivity contribution in [2.45, 2.75) is 20.0 Å². The molecule has 0 radical (unpaired) electrons. The summed E-state index contributed by atoms with van der Waals surface area (Å²) in [5.74, 6) is -2.44. The van der Waals surface area contributed by atoms with Crippen LogP contribution >= 0.6 is 0 Å². The van der Waals surface area contributed by atoms with E-state index in [9.17, 15) is 22.8 Å². The average molecular weight is 288 g/mol. The Hall–Kier alpha value is -2.05. The molecule has 0 saturated carbocycles. The van der Waals surface area contributed by atoms with Crippen LogP contribution in [0, 0.1) is 5.92 Å². The van der Waals surface area contributed by atoms with E-state index in [0.29, 0.717) is 6.54 Å². The lowest BCUT2D eigenvalue weighted by atomic mass is 10.1. The number of para-hydroxylation sites is 1. The van der Waals surface area contributed by atoms with Crippen molar-refractivity contribution in [3.8, 4) is 0 Å². The molecular weight excluding hydrogens is 273 g/mol. The monoisotopic (exact) mass is 288 g/mol. The number of carbonyl (C=O) groups is 2. The number of anilines is 1. The largest absolute Gasteiger partial charge is 0.471 e. The number of hydrogen-bond donors (Lipinski definition) is 2. The molecule has 0 aliphatic carbocycles. The molecule has 0 aromatic heterocycles. The zero-order valence-electron chi connectivity index (χ0n) is 11.0. The van der Waals surface area contributed by atoms with E-state index in [-0.39, 0.29) is 17.2 Å². The smallest absolute Gasteiger partial charge is 0.352 e. The summed E-state index contributed by atoms with van der Waals surface area (Å²) in [6.07, 6.45) is -5.00. The summed E-state index contributed by atoms with van der Waals surface area (Å²) in [6, 6.07) is 5.54. The van der Waals surface area contributed by atoms with Crippen LogP contribution in [0.15, 0.2) is 24.3 Å². The summed E-state index contributed by atoms with van der Waals surface area (Å²) in [5, 5.41) is 4.27. The molecule has 110 valence electrons. The third-order valence-corrected chi connectivity index (χ3v) is 2.35. The van der Waals surface area contributed by atoms with Crippen molar-refractivity contribution in [2.75, 3.05) is 11.9 Å². The molecular formula is C13H15F3N2O2. The second-order valence-corrected chi connectivity index (χ2v) is 4.60. The SMILES string of the molecule is CC(C)CNC(=O)c1ccccc1NC(=O)C(F)(F)F. The summed E-state index contributed by atoms with van der Waals surface area (Å²) in [6.45, 7) is 4.16. The number of amides is 2. The number of hydrogen-bond acceptors (Lipinski definition) is 2. The van der Waals surface area contributed by atoms with Crippen LogP contribution in [0.4, 0.5) is 18.9 Å². The predicted octanol–water partition coefficient (Wildman–Crippen LogP) is 2.57. The van der Waals surface area contributed by atoms with Crippen LogP contribution in [0.2, 0.25) is 0 Å². The first-order chi connectivity index (χ1) is 9.21. The molecule has 1 aromatic rings. The van der Waals surface area contributed by atoms with Gasteiger partial charge in [-0.05, 0) is 18.1 Å². The van der Waals surface area contributed by atoms with Gasteiger partial charge in [0.2, 0.25) is 0 Å². The number of halogens is 3. The van der Waals surface area contributed by atoms with Crippen LogP contribution in [0.1, 0.15) is 24.2 Å². The minimum atomic E-state index is -5.00. The fourth-order valence-electron chi connectivity index (χ4n) is 1.38. The van der Waals surface area contributed by atoms with Gasteiger partial charge < -0.3 is 10.6 Å². The second-order valence-electron chi connectivity index (χ2n) is 4.60. The maximum absolute atomic E-state index is 12.2. The predicted molar refractivity (Wildman–Crippen MR) is 68.3 cm³/mol. The van der Waals surface area contributed by atoms with Gasteiger partial charge in [-0.15, -0.1) is 0 Å². The van der Waals surface area contributed by atoms with Crippen LogP contribution in [0.5, 0.6) is 0 Å². The number of nitrogens with one attached hydrogen (secondary N) is 2. The molecule has 4 nitrogen and oxygen atoms in total. The van der Waals surface area contributed by atoms with Gasteiger partial charge in [-0.25, -0.2) is 0 Å². The first-order valence-corrected chi connectivity index (χ1v) is 5.97. The Morgan fingerprint density at radius 3 is 2.35 bits per heavy atom. The highest BCUT2D eigenvalue weighted by Crippen LogP contribution is 2.20. The maximum Gasteiger partial charge on any atom is 0.471 e. The van der Waals surface area contributed by atoms with Gasteiger partial charge in [-0.1, -0.05) is 26.0 Å². The minimum absolute atomic E-state index is 0.00856. The summed E-state index contributed by atoms with van der Waals surface area (Å²) >= 11 is 0. The Morgan fingerprint density at radius 2 is 1.80 bits per heavy atom. The van der Waals surface area contributed by atoms with Crippen molar-refractivity contribution in [1.82, 2.24) is 5.32 Å². The van der Waals surface area contributed by atoms with E-state index in [1.165, 1.54) is 24.3 Å². The Kier molecular flexibility index (Phi) is 5.12. The van der Waals surface area contributed by atoms with E-state index in [1.807, 2.05) is 13.8 Å². The van der Waals surface area contributed by atoms with Crippen LogP contribution in [0.3, 0.4) is 0 Å². The van der Waals surface area contributed by atoms with Gasteiger partial charge in [-0.2, -0.15) is 13.2 Å². The number of alkyl halides is 3. The standard InChI is InChI=1S/C13H15F3N2O2/c1-8(2)7-17-11(19)9-5-3-4-6-10(9)18-12(20)13(14,15)16/h3-6,8H,7H2,1-2H3,(H,17,19)(H,18,20). The summed E-state index contributed by atoms with van der Waals surface area (Å²) in [4.78, 5) is 22.8. The Balaban J connectivity index is 2.88. The summed E-state index contributed by atoms with van der Waals surface area (Å²) in [5.41, 5.74) is -0.179. The van der Waals surface area contributed by atoms with Crippen LogP contribution in [-0.4, -0.2) is 24.5 Å². The molecule has 0 aliphatic heterocycles. The summed E-state index contributed by atoms with van der Waals surface area (Å²) in [7, 11) is 0. The molecule has 0 fully saturated rings. The van der Waals surface area contributed by atoms with Gasteiger partial charge >= 0.3 is 12.1 Å². The van der Waals surface area contributed by atoms with E-state index >= 15 is 0 Å². The van der Waals surface area contributed by atoms with Crippen molar-refractivity contribution in [2.24, 2.45) is 5.92 Å². The molecule has 7 heteroatoms. The zero-order chi connectivity index (χ0) is 15.3. The topological polar surface area (TPSA) is 58.2 Å². The molecule has 0 unspecified atom stereocenters. The summed E-state index contributed by atoms with van der Waals surface area (Å²) < 4.78 is 36.6. The lowest BCUT2D eigenvalue weighted by Crippen LogP contribution is -2.32. The number of rotatable bonds is 4. The number of carbonyl (C=O) groups excluding carboxylic acids is 2. The van der Waals surface area contributed by atoms with Gasteiger partial charge in [-0.3, -0.25) is 9.59 Å². The lowest BCUT2D eigenvalue weighted by molar-refractivity contribution is -0.167. The third kappa shape index (κ3) is 4.56. The second kappa shape index (κ2) is 6.40. The van der Waals surface area contributed by atoms with Crippen LogP contribution in [0.25, 0.3) is 0 Å². The van der Waals surface area contributed by atoms with Crippen LogP contribution in [-0.2, 0) is 4.79 Å². The normalized spacial score (nSPS) is 11.3. The molecule has 0 atom stereocenters. The fraction of sp³-hybridized carbons (Fsp3) is 0.385. The molecule has 1 aromatic carbocycles. The minimum Gasteiger partial charge on any atom is -0.352 e. The van der Waals surface area contributed by atoms with E-state index in [4.69, 9.17) is 0 Å². The van der Waals surface area contributed by atoms with Crippen molar-refractivity contribution in [3.05, 3.63) is 29.8 Å². The zero-order valence-corrected chi connectivity index (χ0v) is 11.0. The van der Waals surface area contributed by atoms with Gasteiger partial charge in [0.25, 0.3) is 5.91 Å². The highest BCUT2D eigenvalue weighted by Gasteiger charge is 2.39. The molecule has 2 amide bonds. The Bertz CT molecular complexity index is 499. The maximum atomic E-state index is 12.2. The van der Waals surface area contributed by atoms with Gasteiger partial charge in [0.1, 0.15) is 0 Å². The molecule has 0 aliphatic rings. The highest BCUT2D eigenvalue weighted by molar-refractivity contribution is 6.04. The van der Waals surface area contributed by atoms with Crippen molar-refractivity contribution in [3.63, 3.8) is 0 Å². The molecule has 0 bridgehead atoms. The van der Waals surface area contributed by atoms with Crippen molar-refractivity contribution < 1.29 is 22.8 Å². The van der Waals surface area contributed by atoms with Crippen molar-refractivity contribution >= 4 is 17.5 Å². The van der Waals surface area contributed by atoms with E-state index in [1.54, 1.807) is 5.32 Å². The number of benzene rings is 1. The molecule has 0 heterocycles. The molecule has 0 spiro atoms. The lowest BCUT2D eigenvalue weighted by Gasteiger charge is -2.13. The fourth-order valence-corrected chi connectivity index (χ4v) is 1.38. The van der Waals surface area contributed by atoms with Gasteiger partial charge in [0.15, 0.2) is 0 Å². The first-order valence-electron chi connectivity index (χ1n) is 5.97. The molecule has 0 saturated heterocycles. The molecule has 20 heavy (non-hydrogen) atoms. The quantitative estimate of drug-likeness (QED) is 0.894.